The summed E-state index contributed by atoms with van der Waals surface area (Å²) < 4.78 is 33.2. The maximum atomic E-state index is 13.8. The monoisotopic (exact) mass is 465 g/mol. The normalized spacial score (nSPS) is 15.6. The lowest BCUT2D eigenvalue weighted by atomic mass is 10.1. The second-order valence-electron chi connectivity index (χ2n) is 8.45. The maximum absolute atomic E-state index is 13.8. The summed E-state index contributed by atoms with van der Waals surface area (Å²) in [6.45, 7) is 2.45. The first-order valence-electron chi connectivity index (χ1n) is 11.5. The van der Waals surface area contributed by atoms with Gasteiger partial charge in [-0.2, -0.15) is 4.98 Å². The van der Waals surface area contributed by atoms with E-state index in [1.54, 1.807) is 4.90 Å². The van der Waals surface area contributed by atoms with Gasteiger partial charge in [-0.15, -0.1) is 0 Å². The Balaban J connectivity index is 1.44. The molecule has 0 atom stereocenters. The van der Waals surface area contributed by atoms with E-state index in [9.17, 15) is 13.6 Å². The van der Waals surface area contributed by atoms with Gasteiger partial charge in [0.2, 0.25) is 11.8 Å². The molecular formula is C25H25F2N5O2. The molecule has 2 aliphatic heterocycles. The average Bonchev–Trinajstić information content (AvgIpc) is 2.87. The highest BCUT2D eigenvalue weighted by atomic mass is 19.2. The Morgan fingerprint density at radius 1 is 0.941 bits per heavy atom. The van der Waals surface area contributed by atoms with Crippen molar-refractivity contribution in [3.05, 3.63) is 71.4 Å². The summed E-state index contributed by atoms with van der Waals surface area (Å²) in [7, 11) is 0. The van der Waals surface area contributed by atoms with Crippen LogP contribution in [-0.2, 0) is 13.0 Å². The van der Waals surface area contributed by atoms with E-state index in [1.165, 1.54) is 12.5 Å². The number of benzene rings is 2. The molecule has 0 saturated carbocycles. The lowest BCUT2D eigenvalue weighted by Crippen LogP contribution is -2.40. The minimum absolute atomic E-state index is 0.134. The highest BCUT2D eigenvalue weighted by Gasteiger charge is 2.28. The first kappa shape index (κ1) is 22.1. The number of ether oxygens (including phenoxy) is 1. The van der Waals surface area contributed by atoms with Crippen LogP contribution in [0.1, 0.15) is 30.5 Å². The number of halogens is 2. The number of para-hydroxylation sites is 1. The smallest absolute Gasteiger partial charge is 0.322 e. The number of aromatic nitrogens is 2. The molecule has 0 radical (unpaired) electrons. The number of rotatable bonds is 4. The van der Waals surface area contributed by atoms with Crippen molar-refractivity contribution in [1.82, 2.24) is 14.9 Å². The van der Waals surface area contributed by atoms with E-state index in [1.807, 2.05) is 30.3 Å². The van der Waals surface area contributed by atoms with Crippen molar-refractivity contribution >= 4 is 17.7 Å². The number of anilines is 2. The second kappa shape index (κ2) is 9.62. The molecule has 1 fully saturated rings. The molecule has 176 valence electrons. The molecule has 3 heterocycles. The van der Waals surface area contributed by atoms with Gasteiger partial charge in [0.25, 0.3) is 0 Å². The Kier molecular flexibility index (Phi) is 6.24. The number of urea groups is 1. The maximum Gasteiger partial charge on any atom is 0.322 e. The quantitative estimate of drug-likeness (QED) is 0.579. The lowest BCUT2D eigenvalue weighted by molar-refractivity contribution is 0.205. The van der Waals surface area contributed by atoms with Gasteiger partial charge < -0.3 is 19.9 Å². The predicted molar refractivity (Wildman–Crippen MR) is 124 cm³/mol. The van der Waals surface area contributed by atoms with Crippen LogP contribution in [0.4, 0.5) is 25.2 Å². The Hall–Kier alpha value is -3.75. The van der Waals surface area contributed by atoms with E-state index in [2.05, 4.69) is 15.2 Å². The molecule has 0 spiro atoms. The molecule has 7 nitrogen and oxygen atoms in total. The summed E-state index contributed by atoms with van der Waals surface area (Å²) in [4.78, 5) is 26.1. The zero-order chi connectivity index (χ0) is 23.5. The lowest BCUT2D eigenvalue weighted by Gasteiger charge is -2.32. The molecule has 0 aliphatic carbocycles. The van der Waals surface area contributed by atoms with Crippen LogP contribution in [0.25, 0.3) is 0 Å². The Bertz CT molecular complexity index is 1190. The molecular weight excluding hydrogens is 440 g/mol. The Morgan fingerprint density at radius 3 is 2.50 bits per heavy atom. The van der Waals surface area contributed by atoms with Crippen molar-refractivity contribution in [1.29, 1.82) is 0 Å². The fraction of sp³-hybridized carbons (Fsp3) is 0.320. The predicted octanol–water partition coefficient (Wildman–Crippen LogP) is 5.13. The van der Waals surface area contributed by atoms with Gasteiger partial charge in [0, 0.05) is 37.8 Å². The minimum Gasteiger partial charge on any atom is -0.438 e. The van der Waals surface area contributed by atoms with Crippen molar-refractivity contribution in [3.63, 3.8) is 0 Å². The van der Waals surface area contributed by atoms with Crippen molar-refractivity contribution in [2.24, 2.45) is 0 Å². The third kappa shape index (κ3) is 4.78. The first-order valence-corrected chi connectivity index (χ1v) is 11.5. The molecule has 9 heteroatoms. The van der Waals surface area contributed by atoms with Crippen LogP contribution >= 0.6 is 0 Å². The largest absolute Gasteiger partial charge is 0.438 e. The van der Waals surface area contributed by atoms with Crippen LogP contribution in [0, 0.1) is 11.6 Å². The number of hydrogen-bond donors (Lipinski definition) is 1. The van der Waals surface area contributed by atoms with Crippen molar-refractivity contribution in [3.8, 4) is 11.6 Å². The third-order valence-corrected chi connectivity index (χ3v) is 6.07. The molecule has 1 saturated heterocycles. The van der Waals surface area contributed by atoms with E-state index in [-0.39, 0.29) is 24.2 Å². The van der Waals surface area contributed by atoms with E-state index < -0.39 is 11.6 Å². The van der Waals surface area contributed by atoms with Gasteiger partial charge >= 0.3 is 6.03 Å². The van der Waals surface area contributed by atoms with Gasteiger partial charge in [0.05, 0.1) is 17.8 Å². The summed E-state index contributed by atoms with van der Waals surface area (Å²) in [5.41, 5.74) is 2.17. The standard InChI is InChI=1S/C25H25F2N5O2/c26-20-10-9-18(15-21(20)27)34-23-19-16-32(25(33)28-17-7-3-1-4-8-17)14-11-22(19)29-24(30-23)31-12-5-2-6-13-31/h1,3-4,7-10,15H,2,5-6,11-14,16H2,(H,28,33). The van der Waals surface area contributed by atoms with E-state index in [4.69, 9.17) is 9.72 Å². The molecule has 2 amide bonds. The summed E-state index contributed by atoms with van der Waals surface area (Å²) in [5, 5.41) is 2.89. The SMILES string of the molecule is O=C(Nc1ccccc1)N1CCc2nc(N3CCCCC3)nc(Oc3ccc(F)c(F)c3)c2C1. The van der Waals surface area contributed by atoms with Crippen molar-refractivity contribution in [2.45, 2.75) is 32.2 Å². The number of carbonyl (C=O) groups excluding carboxylic acids is 1. The zero-order valence-corrected chi connectivity index (χ0v) is 18.6. The van der Waals surface area contributed by atoms with Gasteiger partial charge in [0.1, 0.15) is 5.75 Å². The van der Waals surface area contributed by atoms with Gasteiger partial charge in [-0.05, 0) is 43.5 Å². The zero-order valence-electron chi connectivity index (χ0n) is 18.6. The second-order valence-corrected chi connectivity index (χ2v) is 8.45. The highest BCUT2D eigenvalue weighted by molar-refractivity contribution is 5.89. The van der Waals surface area contributed by atoms with E-state index in [0.29, 0.717) is 30.2 Å². The van der Waals surface area contributed by atoms with Crippen LogP contribution in [0.3, 0.4) is 0 Å². The number of amides is 2. The Morgan fingerprint density at radius 2 is 1.74 bits per heavy atom. The molecule has 34 heavy (non-hydrogen) atoms. The van der Waals surface area contributed by atoms with Crippen LogP contribution in [0.5, 0.6) is 11.6 Å². The summed E-state index contributed by atoms with van der Waals surface area (Å²) in [6, 6.07) is 12.4. The molecule has 2 aromatic carbocycles. The summed E-state index contributed by atoms with van der Waals surface area (Å²) in [5.74, 6) is -0.988. The van der Waals surface area contributed by atoms with Gasteiger partial charge in [-0.3, -0.25) is 0 Å². The molecule has 0 bridgehead atoms. The number of nitrogens with one attached hydrogen (secondary N) is 1. The molecule has 2 aliphatic rings. The van der Waals surface area contributed by atoms with Gasteiger partial charge in [-0.1, -0.05) is 18.2 Å². The molecule has 1 aromatic heterocycles. The minimum atomic E-state index is -0.999. The van der Waals surface area contributed by atoms with Crippen LogP contribution < -0.4 is 15.0 Å². The third-order valence-electron chi connectivity index (χ3n) is 6.07. The molecule has 3 aromatic rings. The summed E-state index contributed by atoms with van der Waals surface area (Å²) >= 11 is 0. The van der Waals surface area contributed by atoms with E-state index >= 15 is 0 Å². The molecule has 5 rings (SSSR count). The number of carbonyl (C=O) groups is 1. The van der Waals surface area contributed by atoms with Crippen LogP contribution in [0.15, 0.2) is 48.5 Å². The van der Waals surface area contributed by atoms with Crippen molar-refractivity contribution < 1.29 is 18.3 Å². The Labute approximate surface area is 196 Å². The fourth-order valence-electron chi connectivity index (χ4n) is 4.24. The number of hydrogen-bond acceptors (Lipinski definition) is 5. The number of nitrogens with zero attached hydrogens (tertiary/aromatic N) is 4. The highest BCUT2D eigenvalue weighted by Crippen LogP contribution is 2.32. The summed E-state index contributed by atoms with van der Waals surface area (Å²) in [6.07, 6.45) is 3.83. The fourth-order valence-corrected chi connectivity index (χ4v) is 4.24. The topological polar surface area (TPSA) is 70.6 Å². The number of fused-ring (bicyclic) bond motifs is 1. The average molecular weight is 466 g/mol. The number of piperidine rings is 1. The van der Waals surface area contributed by atoms with Crippen LogP contribution in [0.2, 0.25) is 0 Å². The van der Waals surface area contributed by atoms with Gasteiger partial charge in [-0.25, -0.2) is 18.6 Å². The molecule has 1 N–H and O–H groups in total. The van der Waals surface area contributed by atoms with Crippen LogP contribution in [-0.4, -0.2) is 40.5 Å². The van der Waals surface area contributed by atoms with Gasteiger partial charge in [0.15, 0.2) is 11.6 Å². The first-order chi connectivity index (χ1) is 16.6. The van der Waals surface area contributed by atoms with E-state index in [0.717, 1.165) is 43.8 Å². The van der Waals surface area contributed by atoms with Crippen molar-refractivity contribution in [2.75, 3.05) is 29.9 Å². The molecule has 0 unspecified atom stereocenters.